The van der Waals surface area contributed by atoms with Crippen LogP contribution in [0.3, 0.4) is 0 Å². The van der Waals surface area contributed by atoms with Gasteiger partial charge in [-0.15, -0.1) is 0 Å². The summed E-state index contributed by atoms with van der Waals surface area (Å²) in [4.78, 5) is 0. The van der Waals surface area contributed by atoms with Crippen LogP contribution in [0, 0.1) is 11.8 Å². The van der Waals surface area contributed by atoms with E-state index >= 15 is 0 Å². The first-order chi connectivity index (χ1) is 8.99. The van der Waals surface area contributed by atoms with E-state index in [1.165, 1.54) is 0 Å². The topological polar surface area (TPSA) is 154 Å². The quantitative estimate of drug-likeness (QED) is 0.290. The molecule has 0 aromatic rings. The van der Waals surface area contributed by atoms with Crippen LogP contribution in [0.15, 0.2) is 20.4 Å². The van der Waals surface area contributed by atoms with Gasteiger partial charge >= 0.3 is 0 Å². The molecule has 0 bridgehead atoms. The third-order valence-corrected chi connectivity index (χ3v) is 3.10. The molecule has 8 nitrogen and oxygen atoms in total. The maximum Gasteiger partial charge on any atom is 0.0430 e. The lowest BCUT2D eigenvalue weighted by Gasteiger charge is -2.20. The van der Waals surface area contributed by atoms with Crippen LogP contribution in [-0.4, -0.2) is 23.3 Å². The van der Waals surface area contributed by atoms with Gasteiger partial charge in [-0.2, -0.15) is 20.4 Å². The van der Waals surface area contributed by atoms with Gasteiger partial charge in [-0.25, -0.2) is 0 Å². The van der Waals surface area contributed by atoms with Crippen LogP contribution >= 0.6 is 0 Å². The summed E-state index contributed by atoms with van der Waals surface area (Å²) in [7, 11) is 0. The van der Waals surface area contributed by atoms with Crippen molar-refractivity contribution in [2.24, 2.45) is 55.6 Å². The molecule has 0 amide bonds. The van der Waals surface area contributed by atoms with E-state index in [-0.39, 0.29) is 11.8 Å². The molecule has 8 heteroatoms. The Morgan fingerprint density at radius 3 is 1.95 bits per heavy atom. The van der Waals surface area contributed by atoms with Gasteiger partial charge in [0, 0.05) is 35.2 Å². The third kappa shape index (κ3) is 5.84. The minimum absolute atomic E-state index is 0.0673. The molecule has 0 aliphatic carbocycles. The Morgan fingerprint density at radius 1 is 0.947 bits per heavy atom. The van der Waals surface area contributed by atoms with Gasteiger partial charge in [-0.3, -0.25) is 0 Å². The summed E-state index contributed by atoms with van der Waals surface area (Å²) in [6.45, 7) is 5.54. The van der Waals surface area contributed by atoms with Crippen molar-refractivity contribution in [2.75, 3.05) is 0 Å². The molecule has 0 rings (SSSR count). The third-order valence-electron chi connectivity index (χ3n) is 3.10. The molecular weight excluding hydrogens is 244 g/mol. The number of nitrogens with two attached hydrogens (primary N) is 4. The minimum atomic E-state index is -0.0673. The van der Waals surface area contributed by atoms with Gasteiger partial charge in [0.2, 0.25) is 0 Å². The molecule has 0 heterocycles. The van der Waals surface area contributed by atoms with E-state index in [2.05, 4.69) is 20.4 Å². The number of hydrogen-bond donors (Lipinski definition) is 4. The highest BCUT2D eigenvalue weighted by molar-refractivity contribution is 5.98. The maximum atomic E-state index is 5.35. The average Bonchev–Trinajstić information content (AvgIpc) is 2.43. The monoisotopic (exact) mass is 268 g/mol. The second-order valence-corrected chi connectivity index (χ2v) is 4.45. The largest absolute Gasteiger partial charge is 0.324 e. The Labute approximate surface area is 113 Å². The molecule has 2 atom stereocenters. The van der Waals surface area contributed by atoms with Crippen molar-refractivity contribution < 1.29 is 0 Å². The van der Waals surface area contributed by atoms with E-state index in [0.717, 1.165) is 17.1 Å². The van der Waals surface area contributed by atoms with Crippen LogP contribution in [0.5, 0.6) is 0 Å². The number of nitrogens with zero attached hydrogens (tertiary/aromatic N) is 4. The van der Waals surface area contributed by atoms with Crippen molar-refractivity contribution in [3.05, 3.63) is 0 Å². The summed E-state index contributed by atoms with van der Waals surface area (Å²) in [5.74, 6) is 21.1. The van der Waals surface area contributed by atoms with E-state index < -0.39 is 0 Å². The first-order valence-electron chi connectivity index (χ1n) is 5.95. The first kappa shape index (κ1) is 16.9. The number of hydrogen-bond acceptors (Lipinski definition) is 8. The summed E-state index contributed by atoms with van der Waals surface area (Å²) in [6.07, 6.45) is 2.96. The minimum Gasteiger partial charge on any atom is -0.324 e. The van der Waals surface area contributed by atoms with E-state index in [4.69, 9.17) is 23.4 Å². The number of rotatable bonds is 7. The van der Waals surface area contributed by atoms with Gasteiger partial charge in [-0.05, 0) is 33.6 Å². The summed E-state index contributed by atoms with van der Waals surface area (Å²) in [5.41, 5.74) is 2.37. The molecule has 8 N–H and O–H groups in total. The molecule has 0 radical (unpaired) electrons. The molecular formula is C11H24N8. The molecule has 0 spiro atoms. The Bertz CT molecular complexity index is 382. The van der Waals surface area contributed by atoms with Crippen molar-refractivity contribution in [2.45, 2.75) is 33.6 Å². The van der Waals surface area contributed by atoms with Gasteiger partial charge in [0.05, 0.1) is 0 Å². The van der Waals surface area contributed by atoms with Crippen LogP contribution in [-0.2, 0) is 0 Å². The molecule has 0 saturated carbocycles. The highest BCUT2D eigenvalue weighted by Crippen LogP contribution is 2.19. The van der Waals surface area contributed by atoms with Gasteiger partial charge < -0.3 is 23.4 Å². The second-order valence-electron chi connectivity index (χ2n) is 4.45. The van der Waals surface area contributed by atoms with Crippen molar-refractivity contribution in [1.29, 1.82) is 0 Å². The van der Waals surface area contributed by atoms with Crippen LogP contribution in [0.25, 0.3) is 0 Å². The lowest BCUT2D eigenvalue weighted by molar-refractivity contribution is 0.615. The van der Waals surface area contributed by atoms with Gasteiger partial charge in [0.25, 0.3) is 0 Å². The predicted molar refractivity (Wildman–Crippen MR) is 80.8 cm³/mol. The van der Waals surface area contributed by atoms with Crippen LogP contribution < -0.4 is 23.4 Å². The molecule has 0 aliphatic rings. The van der Waals surface area contributed by atoms with E-state index in [9.17, 15) is 0 Å². The highest BCUT2D eigenvalue weighted by Gasteiger charge is 2.21. The molecule has 0 fully saturated rings. The Hall–Kier alpha value is -2.12. The van der Waals surface area contributed by atoms with Crippen molar-refractivity contribution >= 4 is 23.3 Å². The van der Waals surface area contributed by atoms with Crippen molar-refractivity contribution in [3.8, 4) is 0 Å². The predicted octanol–water partition coefficient (Wildman–Crippen LogP) is -0.0527. The van der Waals surface area contributed by atoms with E-state index in [1.807, 2.05) is 20.8 Å². The fraction of sp³-hybridized carbons (Fsp3) is 0.636. The normalized spacial score (nSPS) is 17.7. The van der Waals surface area contributed by atoms with Crippen molar-refractivity contribution in [1.82, 2.24) is 0 Å². The SMILES string of the molecule is C/C(=N/N)C(/C=N/N)CC(C/C(C)=N/N)/C(C)=N/N. The summed E-state index contributed by atoms with van der Waals surface area (Å²) in [6, 6.07) is 0. The lowest BCUT2D eigenvalue weighted by atomic mass is 9.86. The average molecular weight is 268 g/mol. The zero-order valence-electron chi connectivity index (χ0n) is 11.7. The molecule has 0 saturated heterocycles. The smallest absolute Gasteiger partial charge is 0.0430 e. The first-order valence-corrected chi connectivity index (χ1v) is 5.95. The molecule has 2 unspecified atom stereocenters. The van der Waals surface area contributed by atoms with Gasteiger partial charge in [0.15, 0.2) is 0 Å². The fourth-order valence-electron chi connectivity index (χ4n) is 1.76. The molecule has 0 aromatic heterocycles. The standard InChI is InChI=1S/C11H24N8/c1-7(17-13)4-10(8(2)18-14)5-11(6-16-12)9(3)19-15/h6,10-11H,4-5,12-15H2,1-3H3/b16-6+,17-7+,18-8+,19-9-. The van der Waals surface area contributed by atoms with Crippen molar-refractivity contribution in [3.63, 3.8) is 0 Å². The van der Waals surface area contributed by atoms with Crippen LogP contribution in [0.2, 0.25) is 0 Å². The summed E-state index contributed by atoms with van der Waals surface area (Å²) < 4.78 is 0. The zero-order valence-corrected chi connectivity index (χ0v) is 11.7. The van der Waals surface area contributed by atoms with E-state index in [0.29, 0.717) is 12.8 Å². The molecule has 0 aromatic carbocycles. The van der Waals surface area contributed by atoms with Crippen LogP contribution in [0.4, 0.5) is 0 Å². The fourth-order valence-corrected chi connectivity index (χ4v) is 1.76. The highest BCUT2D eigenvalue weighted by atomic mass is 15.1. The number of hydrazone groups is 4. The molecule has 108 valence electrons. The Balaban J connectivity index is 5.06. The lowest BCUT2D eigenvalue weighted by Crippen LogP contribution is -2.25. The zero-order chi connectivity index (χ0) is 14.8. The second kappa shape index (κ2) is 8.90. The van der Waals surface area contributed by atoms with Gasteiger partial charge in [-0.1, -0.05) is 0 Å². The summed E-state index contributed by atoms with van der Waals surface area (Å²) >= 11 is 0. The Morgan fingerprint density at radius 2 is 1.53 bits per heavy atom. The van der Waals surface area contributed by atoms with E-state index in [1.54, 1.807) is 6.21 Å². The molecule has 19 heavy (non-hydrogen) atoms. The summed E-state index contributed by atoms with van der Waals surface area (Å²) in [5, 5.41) is 14.7. The Kier molecular flexibility index (Phi) is 7.90. The van der Waals surface area contributed by atoms with Crippen LogP contribution in [0.1, 0.15) is 33.6 Å². The maximum absolute atomic E-state index is 5.35. The molecule has 0 aliphatic heterocycles. The van der Waals surface area contributed by atoms with Gasteiger partial charge in [0.1, 0.15) is 0 Å².